The van der Waals surface area contributed by atoms with Gasteiger partial charge in [0.25, 0.3) is 0 Å². The second-order valence-electron chi connectivity index (χ2n) is 9.07. The molecule has 2 aromatic heterocycles. The average molecular weight is 555 g/mol. The second-order valence-corrected chi connectivity index (χ2v) is 9.07. The molecule has 1 aromatic carbocycles. The first kappa shape index (κ1) is 28.8. The summed E-state index contributed by atoms with van der Waals surface area (Å²) < 4.78 is 45.0. The second kappa shape index (κ2) is 12.3. The summed E-state index contributed by atoms with van der Waals surface area (Å²) in [5, 5.41) is 13.6. The summed E-state index contributed by atoms with van der Waals surface area (Å²) in [7, 11) is 1.54. The lowest BCUT2D eigenvalue weighted by Crippen LogP contribution is -2.30. The number of benzene rings is 1. The Hall–Kier alpha value is -4.22. The molecule has 12 heteroatoms. The van der Waals surface area contributed by atoms with Gasteiger partial charge in [-0.05, 0) is 30.9 Å². The lowest BCUT2D eigenvalue weighted by Gasteiger charge is -2.25. The molecule has 0 saturated heterocycles. The van der Waals surface area contributed by atoms with Crippen LogP contribution in [0.4, 0.5) is 19.0 Å². The minimum atomic E-state index is -4.43. The molecule has 9 nitrogen and oxygen atoms in total. The van der Waals surface area contributed by atoms with Gasteiger partial charge in [0.1, 0.15) is 29.6 Å². The lowest BCUT2D eigenvalue weighted by atomic mass is 10.1. The Morgan fingerprint density at radius 2 is 1.88 bits per heavy atom. The molecule has 0 amide bonds. The van der Waals surface area contributed by atoms with E-state index in [-0.39, 0.29) is 0 Å². The van der Waals surface area contributed by atoms with Crippen LogP contribution in [-0.4, -0.2) is 50.9 Å². The zero-order valence-electron chi connectivity index (χ0n) is 22.9. The average Bonchev–Trinajstić information content (AvgIpc) is 3.73. The first-order valence-corrected chi connectivity index (χ1v) is 13.2. The largest absolute Gasteiger partial charge is 0.480 e. The van der Waals surface area contributed by atoms with Crippen molar-refractivity contribution in [3.8, 4) is 17.3 Å². The van der Waals surface area contributed by atoms with Crippen molar-refractivity contribution in [3.05, 3.63) is 71.1 Å². The van der Waals surface area contributed by atoms with Crippen molar-refractivity contribution in [2.75, 3.05) is 19.0 Å². The van der Waals surface area contributed by atoms with Gasteiger partial charge in [-0.1, -0.05) is 38.1 Å². The van der Waals surface area contributed by atoms with E-state index in [0.717, 1.165) is 35.9 Å². The van der Waals surface area contributed by atoms with E-state index in [0.29, 0.717) is 47.7 Å². The van der Waals surface area contributed by atoms with Crippen molar-refractivity contribution in [3.63, 3.8) is 0 Å². The molecule has 1 aliphatic carbocycles. The van der Waals surface area contributed by atoms with Crippen molar-refractivity contribution in [2.24, 2.45) is 0 Å². The fraction of sp³-hybridized carbons (Fsp3) is 0.393. The van der Waals surface area contributed by atoms with Crippen molar-refractivity contribution >= 4 is 12.0 Å². The minimum Gasteiger partial charge on any atom is -0.480 e. The van der Waals surface area contributed by atoms with Crippen LogP contribution in [0.2, 0.25) is 0 Å². The van der Waals surface area contributed by atoms with Crippen molar-refractivity contribution in [1.29, 1.82) is 5.41 Å². The molecule has 1 aliphatic heterocycles. The van der Waals surface area contributed by atoms with Gasteiger partial charge < -0.3 is 25.7 Å². The van der Waals surface area contributed by atoms with Crippen LogP contribution in [0, 0.1) is 5.41 Å². The summed E-state index contributed by atoms with van der Waals surface area (Å²) in [6, 6.07) is 7.33. The number of alkyl halides is 3. The molecule has 3 heterocycles. The molecular formula is C28H33F3N8O. The van der Waals surface area contributed by atoms with Crippen LogP contribution >= 0.6 is 0 Å². The van der Waals surface area contributed by atoms with Crippen LogP contribution in [0.3, 0.4) is 0 Å². The molecular weight excluding hydrogens is 521 g/mol. The standard InChI is InChI=1S/C26H27F3N8O.C2H6/c1-3-37-13-19(26(27,28)29)35-24(37)17-6-4-15(5-7-17)11-31-22-18(10-30)12-32-23(36-22)20-21(16-8-9-16)33-14-34-25(20)38-2;1-2/h4-7,10,12-14,16,24,30,35H,3,8-9,11H2,1-2H3,(H,31,32,36);1-2H3. The first-order chi connectivity index (χ1) is 19.3. The number of nitrogens with zero attached hydrogens (tertiary/aromatic N) is 5. The maximum Gasteiger partial charge on any atom is 0.432 e. The van der Waals surface area contributed by atoms with Gasteiger partial charge in [0.15, 0.2) is 5.82 Å². The molecule has 3 N–H and O–H groups in total. The summed E-state index contributed by atoms with van der Waals surface area (Å²) in [6.07, 6.45) is 2.39. The fourth-order valence-electron chi connectivity index (χ4n) is 4.39. The van der Waals surface area contributed by atoms with Crippen LogP contribution in [0.1, 0.15) is 68.1 Å². The maximum absolute atomic E-state index is 13.2. The highest BCUT2D eigenvalue weighted by Crippen LogP contribution is 2.45. The van der Waals surface area contributed by atoms with Gasteiger partial charge in [-0.25, -0.2) is 19.9 Å². The van der Waals surface area contributed by atoms with E-state index in [1.807, 2.05) is 45.0 Å². The lowest BCUT2D eigenvalue weighted by molar-refractivity contribution is -0.0963. The number of rotatable bonds is 9. The van der Waals surface area contributed by atoms with Crippen molar-refractivity contribution in [1.82, 2.24) is 30.2 Å². The van der Waals surface area contributed by atoms with Gasteiger partial charge in [0.05, 0.1) is 18.4 Å². The molecule has 1 atom stereocenters. The van der Waals surface area contributed by atoms with Crippen molar-refractivity contribution < 1.29 is 17.9 Å². The van der Waals surface area contributed by atoms with Crippen molar-refractivity contribution in [2.45, 2.75) is 58.4 Å². The zero-order valence-corrected chi connectivity index (χ0v) is 22.9. The SMILES string of the molecule is CC.CCN1C=C(C(F)(F)F)NC1c1ccc(CNc2nc(-c3c(OC)ncnc3C3CC3)ncc2C=N)cc1. The molecule has 0 radical (unpaired) electrons. The molecule has 0 bridgehead atoms. The Kier molecular flexibility index (Phi) is 8.86. The normalized spacial score (nSPS) is 16.4. The number of hydrogen-bond donors (Lipinski definition) is 3. The number of ether oxygens (including phenoxy) is 1. The van der Waals surface area contributed by atoms with E-state index in [2.05, 4.69) is 30.6 Å². The van der Waals surface area contributed by atoms with Gasteiger partial charge in [0, 0.05) is 37.6 Å². The van der Waals surface area contributed by atoms with Gasteiger partial charge in [0.2, 0.25) is 5.88 Å². The summed E-state index contributed by atoms with van der Waals surface area (Å²) in [4.78, 5) is 19.4. The van der Waals surface area contributed by atoms with E-state index in [4.69, 9.17) is 10.1 Å². The van der Waals surface area contributed by atoms with E-state index in [1.54, 1.807) is 11.1 Å². The zero-order chi connectivity index (χ0) is 28.9. The van der Waals surface area contributed by atoms with E-state index in [1.165, 1.54) is 19.7 Å². The summed E-state index contributed by atoms with van der Waals surface area (Å²) >= 11 is 0. The summed E-state index contributed by atoms with van der Waals surface area (Å²) in [5.74, 6) is 1.60. The number of nitrogens with one attached hydrogen (secondary N) is 3. The first-order valence-electron chi connectivity index (χ1n) is 13.2. The Balaban J connectivity index is 0.00000181. The minimum absolute atomic E-state index is 0.322. The number of allylic oxidation sites excluding steroid dienone is 1. The Labute approximate surface area is 231 Å². The van der Waals surface area contributed by atoms with Crippen LogP contribution in [0.5, 0.6) is 5.88 Å². The van der Waals surface area contributed by atoms with Gasteiger partial charge in [-0.15, -0.1) is 0 Å². The number of anilines is 1. The Morgan fingerprint density at radius 1 is 1.15 bits per heavy atom. The third kappa shape index (κ3) is 6.16. The molecule has 0 spiro atoms. The summed E-state index contributed by atoms with van der Waals surface area (Å²) in [5.41, 5.74) is 2.88. The van der Waals surface area contributed by atoms with Gasteiger partial charge >= 0.3 is 6.18 Å². The number of hydrogen-bond acceptors (Lipinski definition) is 9. The highest BCUT2D eigenvalue weighted by molar-refractivity contribution is 5.84. The topological polar surface area (TPSA) is 112 Å². The molecule has 1 fully saturated rings. The maximum atomic E-state index is 13.2. The van der Waals surface area contributed by atoms with E-state index >= 15 is 0 Å². The van der Waals surface area contributed by atoms with Gasteiger partial charge in [-0.2, -0.15) is 13.2 Å². The monoisotopic (exact) mass is 554 g/mol. The predicted octanol–water partition coefficient (Wildman–Crippen LogP) is 5.78. The predicted molar refractivity (Wildman–Crippen MR) is 147 cm³/mol. The summed E-state index contributed by atoms with van der Waals surface area (Å²) in [6.45, 7) is 6.63. The Morgan fingerprint density at radius 3 is 2.48 bits per heavy atom. The van der Waals surface area contributed by atoms with Crippen LogP contribution in [0.15, 0.2) is 48.7 Å². The van der Waals surface area contributed by atoms with Crippen LogP contribution in [0.25, 0.3) is 11.4 Å². The molecule has 1 unspecified atom stereocenters. The Bertz CT molecular complexity index is 1360. The third-order valence-electron chi connectivity index (χ3n) is 6.54. The number of methoxy groups -OCH3 is 1. The highest BCUT2D eigenvalue weighted by Gasteiger charge is 2.40. The molecule has 212 valence electrons. The highest BCUT2D eigenvalue weighted by atomic mass is 19.4. The third-order valence-corrected chi connectivity index (χ3v) is 6.54. The molecule has 2 aliphatic rings. The molecule has 3 aromatic rings. The van der Waals surface area contributed by atoms with Crippen LogP contribution < -0.4 is 15.4 Å². The number of aromatic nitrogens is 4. The quantitative estimate of drug-likeness (QED) is 0.285. The molecule has 1 saturated carbocycles. The van der Waals surface area contributed by atoms with E-state index < -0.39 is 18.0 Å². The molecule has 5 rings (SSSR count). The smallest absolute Gasteiger partial charge is 0.432 e. The van der Waals surface area contributed by atoms with Gasteiger partial charge in [-0.3, -0.25) is 0 Å². The van der Waals surface area contributed by atoms with Crippen LogP contribution in [-0.2, 0) is 6.54 Å². The fourth-order valence-corrected chi connectivity index (χ4v) is 4.39. The molecule has 40 heavy (non-hydrogen) atoms. The number of halogens is 3. The van der Waals surface area contributed by atoms with E-state index in [9.17, 15) is 13.2 Å².